The van der Waals surface area contributed by atoms with E-state index in [0.717, 1.165) is 55.1 Å². The second-order valence-corrected chi connectivity index (χ2v) is 15.5. The monoisotopic (exact) mass is 747 g/mol. The molecular weight excluding hydrogens is 715 g/mol. The lowest BCUT2D eigenvalue weighted by Gasteiger charge is -2.09. The van der Waals surface area contributed by atoms with Gasteiger partial charge in [0.1, 0.15) is 11.2 Å². The van der Waals surface area contributed by atoms with Gasteiger partial charge in [-0.3, -0.25) is 4.99 Å². The third kappa shape index (κ3) is 5.79. The number of benzene rings is 9. The smallest absolute Gasteiger partial charge is 0.161 e. The van der Waals surface area contributed by atoms with E-state index in [-0.39, 0.29) is 0 Å². The lowest BCUT2D eigenvalue weighted by atomic mass is 9.99. The van der Waals surface area contributed by atoms with Gasteiger partial charge in [0.15, 0.2) is 11.7 Å². The molecule has 11 aromatic rings. The van der Waals surface area contributed by atoms with Crippen molar-refractivity contribution < 1.29 is 4.42 Å². The summed E-state index contributed by atoms with van der Waals surface area (Å²) >= 11 is 1.84. The van der Waals surface area contributed by atoms with Crippen LogP contribution in [-0.4, -0.2) is 18.4 Å². The number of aliphatic imine (C=N–C) groups is 3. The Balaban J connectivity index is 1.01. The molecule has 0 radical (unpaired) electrons. The molecule has 0 bridgehead atoms. The van der Waals surface area contributed by atoms with Crippen molar-refractivity contribution in [2.24, 2.45) is 15.0 Å². The summed E-state index contributed by atoms with van der Waals surface area (Å²) in [7, 11) is 0. The summed E-state index contributed by atoms with van der Waals surface area (Å²) in [5.41, 5.74) is 6.68. The molecule has 0 atom stereocenters. The van der Waals surface area contributed by atoms with Gasteiger partial charge in [0, 0.05) is 42.1 Å². The first kappa shape index (κ1) is 33.2. The van der Waals surface area contributed by atoms with Crippen LogP contribution < -0.4 is 0 Å². The second kappa shape index (κ2) is 13.5. The molecule has 11 rings (SSSR count). The topological polar surface area (TPSA) is 50.2 Å². The van der Waals surface area contributed by atoms with Gasteiger partial charge in [0.05, 0.1) is 6.54 Å². The minimum absolute atomic E-state index is 0.478. The highest BCUT2D eigenvalue weighted by Crippen LogP contribution is 2.40. The van der Waals surface area contributed by atoms with Crippen LogP contribution in [0.3, 0.4) is 0 Å². The van der Waals surface area contributed by atoms with E-state index in [2.05, 4.69) is 151 Å². The summed E-state index contributed by atoms with van der Waals surface area (Å²) in [6, 6.07) is 62.0. The third-order valence-corrected chi connectivity index (χ3v) is 12.1. The number of furan rings is 1. The van der Waals surface area contributed by atoms with E-state index < -0.39 is 0 Å². The number of thiophene rings is 1. The van der Waals surface area contributed by atoms with E-state index in [9.17, 15) is 0 Å². The van der Waals surface area contributed by atoms with Gasteiger partial charge in [-0.25, -0.2) is 9.98 Å². The molecule has 0 N–H and O–H groups in total. The number of amidine groups is 2. The molecule has 0 aliphatic heterocycles. The molecule has 0 saturated heterocycles. The van der Waals surface area contributed by atoms with E-state index >= 15 is 0 Å². The minimum Gasteiger partial charge on any atom is -0.456 e. The van der Waals surface area contributed by atoms with Crippen molar-refractivity contribution in [3.63, 3.8) is 0 Å². The van der Waals surface area contributed by atoms with Crippen molar-refractivity contribution in [1.82, 2.24) is 0 Å². The lowest BCUT2D eigenvalue weighted by Crippen LogP contribution is -2.06. The summed E-state index contributed by atoms with van der Waals surface area (Å²) in [5, 5.41) is 11.8. The van der Waals surface area contributed by atoms with Crippen molar-refractivity contribution in [3.8, 4) is 11.1 Å². The highest BCUT2D eigenvalue weighted by Gasteiger charge is 2.17. The SMILES string of the molecule is C=NC(=NC(=NCc1ccccc1)c1ccc2c(ccc3ccccc32)c1)c1cccc2oc3cc(-c4ccc5c(c4)sc4cc6ccccc6cc45)ccc3c12. The Labute approximate surface area is 332 Å². The van der Waals surface area contributed by atoms with Crippen LogP contribution in [0.15, 0.2) is 195 Å². The quantitative estimate of drug-likeness (QED) is 0.0982. The molecule has 5 heteroatoms. The van der Waals surface area contributed by atoms with Crippen molar-refractivity contribution in [3.05, 3.63) is 193 Å². The van der Waals surface area contributed by atoms with Gasteiger partial charge in [-0.05, 0) is 98.2 Å². The first-order valence-corrected chi connectivity index (χ1v) is 19.9. The predicted molar refractivity (Wildman–Crippen MR) is 244 cm³/mol. The van der Waals surface area contributed by atoms with Crippen LogP contribution in [0.1, 0.15) is 16.7 Å². The summed E-state index contributed by atoms with van der Waals surface area (Å²) in [5.74, 6) is 1.08. The van der Waals surface area contributed by atoms with E-state index in [1.807, 2.05) is 47.7 Å². The molecule has 0 saturated carbocycles. The van der Waals surface area contributed by atoms with Gasteiger partial charge in [-0.2, -0.15) is 0 Å². The van der Waals surface area contributed by atoms with Gasteiger partial charge in [-0.15, -0.1) is 11.3 Å². The van der Waals surface area contributed by atoms with Gasteiger partial charge < -0.3 is 4.42 Å². The van der Waals surface area contributed by atoms with Crippen molar-refractivity contribution in [2.45, 2.75) is 6.54 Å². The van der Waals surface area contributed by atoms with Crippen LogP contribution >= 0.6 is 11.3 Å². The second-order valence-electron chi connectivity index (χ2n) is 14.4. The summed E-state index contributed by atoms with van der Waals surface area (Å²) < 4.78 is 9.14. The number of rotatable bonds is 5. The first-order valence-electron chi connectivity index (χ1n) is 19.0. The van der Waals surface area contributed by atoms with Crippen LogP contribution in [0.5, 0.6) is 0 Å². The molecule has 0 amide bonds. The predicted octanol–water partition coefficient (Wildman–Crippen LogP) is 14.2. The van der Waals surface area contributed by atoms with E-state index in [1.165, 1.54) is 47.1 Å². The van der Waals surface area contributed by atoms with Crippen molar-refractivity contribution >= 4 is 104 Å². The Morgan fingerprint density at radius 1 is 0.491 bits per heavy atom. The number of hydrogen-bond donors (Lipinski definition) is 0. The fourth-order valence-electron chi connectivity index (χ4n) is 8.21. The maximum absolute atomic E-state index is 6.56. The standard InChI is InChI=1S/C52H33N3OS/c1-53-52(55-51(54-31-32-10-3-2-4-11-32)39-22-23-41-38(26-39)19-18-33-12-7-8-15-40(33)41)44-16-9-17-46-50(44)43-25-21-36(28-47(43)56-46)37-20-24-42-45-27-34-13-5-6-14-35(34)29-49(45)57-48(42)30-37/h2-30H,1,31H2. The lowest BCUT2D eigenvalue weighted by molar-refractivity contribution is 0.669. The van der Waals surface area contributed by atoms with Crippen LogP contribution in [0.2, 0.25) is 0 Å². The Hall–Kier alpha value is -7.21. The first-order chi connectivity index (χ1) is 28.2. The molecule has 2 heterocycles. The maximum atomic E-state index is 6.56. The molecule has 2 aromatic heterocycles. The van der Waals surface area contributed by atoms with Crippen molar-refractivity contribution in [1.29, 1.82) is 0 Å². The molecule has 0 aliphatic rings. The minimum atomic E-state index is 0.478. The number of hydrogen-bond acceptors (Lipinski definition) is 3. The molecule has 0 unspecified atom stereocenters. The van der Waals surface area contributed by atoms with Crippen LogP contribution in [-0.2, 0) is 6.54 Å². The van der Waals surface area contributed by atoms with Gasteiger partial charge >= 0.3 is 0 Å². The maximum Gasteiger partial charge on any atom is 0.161 e. The normalized spacial score (nSPS) is 12.6. The molecule has 268 valence electrons. The van der Waals surface area contributed by atoms with E-state index in [4.69, 9.17) is 14.4 Å². The Bertz CT molecular complexity index is 3460. The summed E-state index contributed by atoms with van der Waals surface area (Å²) in [4.78, 5) is 14.8. The molecule has 0 fully saturated rings. The fourth-order valence-corrected chi connectivity index (χ4v) is 9.38. The van der Waals surface area contributed by atoms with Crippen LogP contribution in [0.4, 0.5) is 0 Å². The number of fused-ring (bicyclic) bond motifs is 10. The zero-order valence-corrected chi connectivity index (χ0v) is 31.6. The van der Waals surface area contributed by atoms with Crippen LogP contribution in [0, 0.1) is 0 Å². The Morgan fingerprint density at radius 2 is 1.19 bits per heavy atom. The molecule has 9 aromatic carbocycles. The van der Waals surface area contributed by atoms with E-state index in [0.29, 0.717) is 18.2 Å². The average Bonchev–Trinajstić information content (AvgIpc) is 3.82. The Morgan fingerprint density at radius 3 is 2.05 bits per heavy atom. The zero-order valence-electron chi connectivity index (χ0n) is 30.8. The van der Waals surface area contributed by atoms with Crippen molar-refractivity contribution in [2.75, 3.05) is 0 Å². The van der Waals surface area contributed by atoms with Crippen LogP contribution in [0.25, 0.3) is 85.6 Å². The highest BCUT2D eigenvalue weighted by molar-refractivity contribution is 7.25. The van der Waals surface area contributed by atoms with E-state index in [1.54, 1.807) is 0 Å². The molecule has 0 spiro atoms. The fraction of sp³-hybridized carbons (Fsp3) is 0.0192. The van der Waals surface area contributed by atoms with Gasteiger partial charge in [0.25, 0.3) is 0 Å². The third-order valence-electron chi connectivity index (χ3n) is 11.0. The molecule has 57 heavy (non-hydrogen) atoms. The highest BCUT2D eigenvalue weighted by atomic mass is 32.1. The summed E-state index contributed by atoms with van der Waals surface area (Å²) in [6.07, 6.45) is 0. The van der Waals surface area contributed by atoms with Gasteiger partial charge in [-0.1, -0.05) is 133 Å². The average molecular weight is 748 g/mol. The molecule has 0 aliphatic carbocycles. The largest absolute Gasteiger partial charge is 0.456 e. The molecular formula is C52H33N3OS. The molecule has 4 nitrogen and oxygen atoms in total. The summed E-state index contributed by atoms with van der Waals surface area (Å²) in [6.45, 7) is 4.48. The number of nitrogens with zero attached hydrogens (tertiary/aromatic N) is 3. The zero-order chi connectivity index (χ0) is 37.9. The Kier molecular flexibility index (Phi) is 7.86. The van der Waals surface area contributed by atoms with Gasteiger partial charge in [0.2, 0.25) is 0 Å².